The third-order valence-electron chi connectivity index (χ3n) is 5.83. The fourth-order valence-corrected chi connectivity index (χ4v) is 4.13. The second-order valence-corrected chi connectivity index (χ2v) is 8.58. The van der Waals surface area contributed by atoms with Crippen LogP contribution >= 0.6 is 11.6 Å². The van der Waals surface area contributed by atoms with Crippen LogP contribution in [0, 0.1) is 0 Å². The van der Waals surface area contributed by atoms with Crippen molar-refractivity contribution in [2.75, 3.05) is 26.2 Å². The summed E-state index contributed by atoms with van der Waals surface area (Å²) in [5.74, 6) is -0.500. The van der Waals surface area contributed by atoms with Crippen LogP contribution in [-0.4, -0.2) is 47.7 Å². The van der Waals surface area contributed by atoms with Crippen LogP contribution in [0.5, 0.6) is 0 Å². The number of alkyl halides is 3. The molecule has 0 saturated carbocycles. The van der Waals surface area contributed by atoms with E-state index in [1.165, 1.54) is 6.07 Å². The average molecular weight is 487 g/mol. The molecule has 1 aliphatic heterocycles. The van der Waals surface area contributed by atoms with Crippen molar-refractivity contribution in [2.45, 2.75) is 12.7 Å². The summed E-state index contributed by atoms with van der Waals surface area (Å²) in [5.41, 5.74) is 1.000. The van der Waals surface area contributed by atoms with Gasteiger partial charge in [-0.3, -0.25) is 14.5 Å². The zero-order valence-corrected chi connectivity index (χ0v) is 18.9. The molecule has 1 heterocycles. The molecule has 0 atom stereocenters. The van der Waals surface area contributed by atoms with Crippen LogP contribution in [0.1, 0.15) is 37.4 Å². The Hall–Kier alpha value is -3.16. The first-order valence-electron chi connectivity index (χ1n) is 10.8. The van der Waals surface area contributed by atoms with Gasteiger partial charge in [0.05, 0.1) is 11.1 Å². The molecule has 34 heavy (non-hydrogen) atoms. The normalized spacial score (nSPS) is 14.8. The van der Waals surface area contributed by atoms with Crippen molar-refractivity contribution in [1.82, 2.24) is 9.80 Å². The number of carbonyl (C=O) groups is 2. The smallest absolute Gasteiger partial charge is 0.336 e. The van der Waals surface area contributed by atoms with E-state index in [4.69, 9.17) is 11.6 Å². The van der Waals surface area contributed by atoms with E-state index in [9.17, 15) is 22.8 Å². The van der Waals surface area contributed by atoms with Gasteiger partial charge in [-0.15, -0.1) is 0 Å². The fourth-order valence-electron chi connectivity index (χ4n) is 4.01. The maximum Gasteiger partial charge on any atom is 0.416 e. The highest BCUT2D eigenvalue weighted by Gasteiger charge is 2.31. The molecule has 1 saturated heterocycles. The minimum absolute atomic E-state index is 0.239. The van der Waals surface area contributed by atoms with Gasteiger partial charge in [0.1, 0.15) is 0 Å². The number of amides is 1. The molecule has 4 rings (SSSR count). The number of rotatable bonds is 5. The molecule has 0 aliphatic carbocycles. The Kier molecular flexibility index (Phi) is 7.05. The zero-order chi connectivity index (χ0) is 24.3. The van der Waals surface area contributed by atoms with Gasteiger partial charge in [-0.2, -0.15) is 13.2 Å². The highest BCUT2D eigenvalue weighted by atomic mass is 35.5. The van der Waals surface area contributed by atoms with Gasteiger partial charge in [0.15, 0.2) is 5.78 Å². The topological polar surface area (TPSA) is 40.6 Å². The van der Waals surface area contributed by atoms with Crippen molar-refractivity contribution < 1.29 is 22.8 Å². The summed E-state index contributed by atoms with van der Waals surface area (Å²) >= 11 is 5.91. The second kappa shape index (κ2) is 9.99. The van der Waals surface area contributed by atoms with E-state index in [0.717, 1.165) is 12.1 Å². The zero-order valence-electron chi connectivity index (χ0n) is 18.2. The van der Waals surface area contributed by atoms with Gasteiger partial charge in [0.25, 0.3) is 5.91 Å². The van der Waals surface area contributed by atoms with Crippen molar-refractivity contribution in [2.24, 2.45) is 0 Å². The predicted octanol–water partition coefficient (Wildman–Crippen LogP) is 5.55. The lowest BCUT2D eigenvalue weighted by atomic mass is 9.97. The molecular formula is C26H22ClF3N2O2. The number of halogens is 4. The number of carbonyl (C=O) groups excluding carboxylic acids is 2. The Morgan fingerprint density at radius 1 is 0.824 bits per heavy atom. The van der Waals surface area contributed by atoms with Crippen LogP contribution in [0.15, 0.2) is 72.8 Å². The number of piperazine rings is 1. The number of benzene rings is 3. The van der Waals surface area contributed by atoms with E-state index in [1.54, 1.807) is 59.5 Å². The van der Waals surface area contributed by atoms with Crippen LogP contribution in [0.4, 0.5) is 13.2 Å². The maximum absolute atomic E-state index is 13.2. The molecule has 1 fully saturated rings. The lowest BCUT2D eigenvalue weighted by Gasteiger charge is -2.35. The fraction of sp³-hybridized carbons (Fsp3) is 0.231. The molecule has 1 aliphatic rings. The van der Waals surface area contributed by atoms with Crippen LogP contribution in [0.25, 0.3) is 0 Å². The third-order valence-corrected chi connectivity index (χ3v) is 6.08. The van der Waals surface area contributed by atoms with Crippen molar-refractivity contribution in [3.63, 3.8) is 0 Å². The van der Waals surface area contributed by atoms with Gasteiger partial charge in [0.2, 0.25) is 0 Å². The number of nitrogens with zero attached hydrogens (tertiary/aromatic N) is 2. The van der Waals surface area contributed by atoms with E-state index in [-0.39, 0.29) is 11.7 Å². The molecule has 0 unspecified atom stereocenters. The quantitative estimate of drug-likeness (QED) is 0.444. The van der Waals surface area contributed by atoms with Crippen molar-refractivity contribution in [3.05, 3.63) is 106 Å². The Morgan fingerprint density at radius 3 is 2.12 bits per heavy atom. The molecule has 8 heteroatoms. The summed E-state index contributed by atoms with van der Waals surface area (Å²) in [4.78, 5) is 30.0. The number of hydrogen-bond acceptors (Lipinski definition) is 3. The first-order chi connectivity index (χ1) is 16.2. The molecule has 4 nitrogen and oxygen atoms in total. The Morgan fingerprint density at radius 2 is 1.47 bits per heavy atom. The van der Waals surface area contributed by atoms with Gasteiger partial charge >= 0.3 is 6.18 Å². The molecular weight excluding hydrogens is 465 g/mol. The van der Waals surface area contributed by atoms with Crippen LogP contribution in [-0.2, 0) is 12.7 Å². The first-order valence-corrected chi connectivity index (χ1v) is 11.2. The largest absolute Gasteiger partial charge is 0.416 e. The summed E-state index contributed by atoms with van der Waals surface area (Å²) in [6, 6.07) is 18.5. The SMILES string of the molecule is O=C(c1ccc(Cl)cc1)c1ccccc1C(=O)N1CCN(Cc2cccc(C(F)(F)F)c2)CC1. The van der Waals surface area contributed by atoms with Crippen LogP contribution in [0.2, 0.25) is 5.02 Å². The second-order valence-electron chi connectivity index (χ2n) is 8.15. The van der Waals surface area contributed by atoms with E-state index >= 15 is 0 Å². The monoisotopic (exact) mass is 486 g/mol. The Balaban J connectivity index is 1.42. The minimum Gasteiger partial charge on any atom is -0.336 e. The van der Waals surface area contributed by atoms with Gasteiger partial charge in [-0.1, -0.05) is 48.0 Å². The van der Waals surface area contributed by atoms with E-state index in [1.807, 2.05) is 4.90 Å². The molecule has 176 valence electrons. The average Bonchev–Trinajstić information content (AvgIpc) is 2.84. The standard InChI is InChI=1S/C26H22ClF3N2O2/c27-21-10-8-19(9-11-21)24(33)22-6-1-2-7-23(22)25(34)32-14-12-31(13-15-32)17-18-4-3-5-20(16-18)26(28,29)30/h1-11,16H,12-15,17H2. The number of hydrogen-bond donors (Lipinski definition) is 0. The summed E-state index contributed by atoms with van der Waals surface area (Å²) in [6.07, 6.45) is -4.38. The van der Waals surface area contributed by atoms with E-state index in [2.05, 4.69) is 0 Å². The molecule has 0 radical (unpaired) electrons. The summed E-state index contributed by atoms with van der Waals surface area (Å²) in [6.45, 7) is 2.25. The van der Waals surface area contributed by atoms with Crippen LogP contribution < -0.4 is 0 Å². The highest BCUT2D eigenvalue weighted by Crippen LogP contribution is 2.30. The minimum atomic E-state index is -4.38. The molecule has 0 bridgehead atoms. The van der Waals surface area contributed by atoms with Gasteiger partial charge in [-0.05, 0) is 42.0 Å². The number of ketones is 1. The summed E-state index contributed by atoms with van der Waals surface area (Å²) in [5, 5.41) is 0.518. The predicted molar refractivity (Wildman–Crippen MR) is 124 cm³/mol. The maximum atomic E-state index is 13.2. The summed E-state index contributed by atoms with van der Waals surface area (Å²) in [7, 11) is 0. The van der Waals surface area contributed by atoms with Gasteiger partial charge in [0, 0.05) is 48.9 Å². The molecule has 3 aromatic rings. The third kappa shape index (κ3) is 5.48. The van der Waals surface area contributed by atoms with Crippen molar-refractivity contribution in [3.8, 4) is 0 Å². The van der Waals surface area contributed by atoms with Crippen molar-refractivity contribution >= 4 is 23.3 Å². The molecule has 0 spiro atoms. The lowest BCUT2D eigenvalue weighted by Crippen LogP contribution is -2.48. The van der Waals surface area contributed by atoms with E-state index < -0.39 is 11.7 Å². The van der Waals surface area contributed by atoms with Crippen molar-refractivity contribution in [1.29, 1.82) is 0 Å². The molecule has 0 N–H and O–H groups in total. The molecule has 1 amide bonds. The molecule has 3 aromatic carbocycles. The summed E-state index contributed by atoms with van der Waals surface area (Å²) < 4.78 is 38.9. The Bertz CT molecular complexity index is 1190. The first kappa shape index (κ1) is 24.0. The highest BCUT2D eigenvalue weighted by molar-refractivity contribution is 6.30. The van der Waals surface area contributed by atoms with Gasteiger partial charge in [-0.25, -0.2) is 0 Å². The molecule has 0 aromatic heterocycles. The van der Waals surface area contributed by atoms with E-state index in [0.29, 0.717) is 60.0 Å². The van der Waals surface area contributed by atoms with Crippen LogP contribution in [0.3, 0.4) is 0 Å². The Labute approximate surface area is 200 Å². The van der Waals surface area contributed by atoms with Gasteiger partial charge < -0.3 is 4.90 Å². The lowest BCUT2D eigenvalue weighted by molar-refractivity contribution is -0.137.